The third-order valence-corrected chi connectivity index (χ3v) is 6.64. The lowest BCUT2D eigenvalue weighted by Crippen LogP contribution is -2.22. The second kappa shape index (κ2) is 8.27. The standard InChI is InChI=1S/C23H20FN5O2S/c1-15(27-28-23(25)26)21-19-9-5-6-10-20(19)29(22(21)16-11-13-17(24)14-12-16)32(30,31)18-7-3-2-4-8-18/h2-14H,1H3,(H4,25,26,28). The predicted octanol–water partition coefficient (Wildman–Crippen LogP) is 3.68. The van der Waals surface area contributed by atoms with Crippen molar-refractivity contribution in [1.29, 1.82) is 0 Å². The molecule has 1 aromatic heterocycles. The Bertz CT molecular complexity index is 1450. The highest BCUT2D eigenvalue weighted by Crippen LogP contribution is 2.37. The van der Waals surface area contributed by atoms with Crippen LogP contribution in [0.1, 0.15) is 12.5 Å². The quantitative estimate of drug-likeness (QED) is 0.275. The maximum absolute atomic E-state index is 13.8. The lowest BCUT2D eigenvalue weighted by molar-refractivity contribution is 0.589. The minimum absolute atomic E-state index is 0.120. The van der Waals surface area contributed by atoms with Gasteiger partial charge in [0.25, 0.3) is 10.0 Å². The van der Waals surface area contributed by atoms with Gasteiger partial charge in [-0.15, -0.1) is 5.10 Å². The fourth-order valence-electron chi connectivity index (χ4n) is 3.58. The number of nitrogens with two attached hydrogens (primary N) is 2. The summed E-state index contributed by atoms with van der Waals surface area (Å²) in [4.78, 5) is 0.120. The SMILES string of the molecule is CC(=NN=C(N)N)c1c(-c2ccc(F)cc2)n(S(=O)(=O)c2ccccc2)c2ccccc12. The summed E-state index contributed by atoms with van der Waals surface area (Å²) in [6.45, 7) is 1.68. The maximum atomic E-state index is 13.8. The highest BCUT2D eigenvalue weighted by atomic mass is 32.2. The summed E-state index contributed by atoms with van der Waals surface area (Å²) in [6.07, 6.45) is 0. The Kier molecular flexibility index (Phi) is 5.50. The summed E-state index contributed by atoms with van der Waals surface area (Å²) in [5.41, 5.74) is 13.1. The zero-order valence-corrected chi connectivity index (χ0v) is 17.9. The van der Waals surface area contributed by atoms with Crippen molar-refractivity contribution in [1.82, 2.24) is 3.97 Å². The number of para-hydroxylation sites is 1. The molecule has 162 valence electrons. The van der Waals surface area contributed by atoms with Crippen LogP contribution in [-0.2, 0) is 10.0 Å². The molecule has 0 atom stereocenters. The fraction of sp³-hybridized carbons (Fsp3) is 0.0435. The smallest absolute Gasteiger partial charge is 0.268 e. The number of benzene rings is 3. The lowest BCUT2D eigenvalue weighted by atomic mass is 10.0. The number of halogens is 1. The maximum Gasteiger partial charge on any atom is 0.268 e. The van der Waals surface area contributed by atoms with E-state index in [-0.39, 0.29) is 10.9 Å². The van der Waals surface area contributed by atoms with Crippen molar-refractivity contribution < 1.29 is 12.8 Å². The van der Waals surface area contributed by atoms with E-state index in [2.05, 4.69) is 10.2 Å². The van der Waals surface area contributed by atoms with Crippen molar-refractivity contribution in [2.75, 3.05) is 0 Å². The number of fused-ring (bicyclic) bond motifs is 1. The van der Waals surface area contributed by atoms with Crippen LogP contribution in [0.5, 0.6) is 0 Å². The van der Waals surface area contributed by atoms with Crippen LogP contribution in [0.15, 0.2) is 94.0 Å². The van der Waals surface area contributed by atoms with Crippen LogP contribution in [0, 0.1) is 5.82 Å². The first-order valence-electron chi connectivity index (χ1n) is 9.64. The van der Waals surface area contributed by atoms with Gasteiger partial charge in [-0.1, -0.05) is 36.4 Å². The summed E-state index contributed by atoms with van der Waals surface area (Å²) in [7, 11) is -4.02. The van der Waals surface area contributed by atoms with Gasteiger partial charge in [-0.25, -0.2) is 16.8 Å². The van der Waals surface area contributed by atoms with Crippen molar-refractivity contribution in [3.8, 4) is 11.3 Å². The van der Waals surface area contributed by atoms with Crippen LogP contribution < -0.4 is 11.5 Å². The largest absolute Gasteiger partial charge is 0.369 e. The molecule has 4 rings (SSSR count). The van der Waals surface area contributed by atoms with Crippen molar-refractivity contribution >= 4 is 32.6 Å². The Balaban J connectivity index is 2.17. The zero-order valence-electron chi connectivity index (χ0n) is 17.1. The van der Waals surface area contributed by atoms with E-state index in [0.717, 1.165) is 0 Å². The highest BCUT2D eigenvalue weighted by Gasteiger charge is 2.28. The molecule has 7 nitrogen and oxygen atoms in total. The molecule has 0 saturated heterocycles. The summed E-state index contributed by atoms with van der Waals surface area (Å²) in [5, 5.41) is 8.45. The summed E-state index contributed by atoms with van der Waals surface area (Å²) >= 11 is 0. The first-order chi connectivity index (χ1) is 15.3. The Hall–Kier alpha value is -3.98. The van der Waals surface area contributed by atoms with Crippen LogP contribution in [-0.4, -0.2) is 24.1 Å². The van der Waals surface area contributed by atoms with E-state index in [0.29, 0.717) is 33.4 Å². The van der Waals surface area contributed by atoms with Gasteiger partial charge in [0.05, 0.1) is 21.8 Å². The van der Waals surface area contributed by atoms with Gasteiger partial charge in [0.2, 0.25) is 5.96 Å². The second-order valence-corrected chi connectivity index (χ2v) is 8.83. The van der Waals surface area contributed by atoms with Gasteiger partial charge >= 0.3 is 0 Å². The van der Waals surface area contributed by atoms with Crippen molar-refractivity contribution in [2.45, 2.75) is 11.8 Å². The number of hydrogen-bond donors (Lipinski definition) is 2. The summed E-state index contributed by atoms with van der Waals surface area (Å²) in [6, 6.07) is 20.8. The molecule has 4 aromatic rings. The van der Waals surface area contributed by atoms with E-state index in [9.17, 15) is 12.8 Å². The minimum atomic E-state index is -4.02. The van der Waals surface area contributed by atoms with Crippen LogP contribution >= 0.6 is 0 Å². The molecule has 3 aromatic carbocycles. The van der Waals surface area contributed by atoms with Gasteiger partial charge in [-0.3, -0.25) is 0 Å². The molecule has 1 heterocycles. The monoisotopic (exact) mass is 449 g/mol. The van der Waals surface area contributed by atoms with Crippen LogP contribution in [0.3, 0.4) is 0 Å². The average Bonchev–Trinajstić information content (AvgIpc) is 3.14. The molecule has 0 aliphatic carbocycles. The Labute approximate surface area is 184 Å². The van der Waals surface area contributed by atoms with Gasteiger partial charge in [-0.05, 0) is 49.4 Å². The van der Waals surface area contributed by atoms with Crippen LogP contribution in [0.4, 0.5) is 4.39 Å². The van der Waals surface area contributed by atoms with Gasteiger partial charge in [0, 0.05) is 16.5 Å². The Morgan fingerprint density at radius 1 is 0.875 bits per heavy atom. The normalized spacial score (nSPS) is 12.1. The minimum Gasteiger partial charge on any atom is -0.369 e. The molecular weight excluding hydrogens is 429 g/mol. The first kappa shape index (κ1) is 21.3. The predicted molar refractivity (Wildman–Crippen MR) is 124 cm³/mol. The Morgan fingerprint density at radius 2 is 1.50 bits per heavy atom. The van der Waals surface area contributed by atoms with Crippen LogP contribution in [0.2, 0.25) is 0 Å². The van der Waals surface area contributed by atoms with E-state index >= 15 is 0 Å². The van der Waals surface area contributed by atoms with E-state index in [4.69, 9.17) is 11.5 Å². The summed E-state index contributed by atoms with van der Waals surface area (Å²) < 4.78 is 42.5. The van der Waals surface area contributed by atoms with E-state index in [1.54, 1.807) is 49.4 Å². The molecule has 0 saturated carbocycles. The Morgan fingerprint density at radius 3 is 2.16 bits per heavy atom. The number of aromatic nitrogens is 1. The first-order valence-corrected chi connectivity index (χ1v) is 11.1. The number of guanidine groups is 1. The molecule has 9 heteroatoms. The van der Waals surface area contributed by atoms with Gasteiger partial charge in [0.1, 0.15) is 5.82 Å². The zero-order chi connectivity index (χ0) is 22.9. The van der Waals surface area contributed by atoms with Gasteiger partial charge < -0.3 is 11.5 Å². The van der Waals surface area contributed by atoms with E-state index in [1.807, 2.05) is 0 Å². The van der Waals surface area contributed by atoms with Crippen LogP contribution in [0.25, 0.3) is 22.2 Å². The van der Waals surface area contributed by atoms with Crippen molar-refractivity contribution in [3.63, 3.8) is 0 Å². The molecule has 0 radical (unpaired) electrons. The fourth-order valence-corrected chi connectivity index (χ4v) is 5.14. The third kappa shape index (κ3) is 3.74. The van der Waals surface area contributed by atoms with Gasteiger partial charge in [0.15, 0.2) is 0 Å². The number of nitrogens with zero attached hydrogens (tertiary/aromatic N) is 3. The number of hydrogen-bond acceptors (Lipinski definition) is 4. The molecule has 32 heavy (non-hydrogen) atoms. The van der Waals surface area contributed by atoms with E-state index < -0.39 is 15.8 Å². The molecule has 0 fully saturated rings. The molecule has 0 unspecified atom stereocenters. The number of rotatable bonds is 5. The van der Waals surface area contributed by atoms with Crippen molar-refractivity contribution in [2.24, 2.45) is 21.7 Å². The summed E-state index contributed by atoms with van der Waals surface area (Å²) in [5.74, 6) is -0.664. The molecule has 0 amide bonds. The van der Waals surface area contributed by atoms with E-state index in [1.165, 1.54) is 40.4 Å². The lowest BCUT2D eigenvalue weighted by Gasteiger charge is -2.13. The highest BCUT2D eigenvalue weighted by molar-refractivity contribution is 7.90. The van der Waals surface area contributed by atoms with Gasteiger partial charge in [-0.2, -0.15) is 5.10 Å². The van der Waals surface area contributed by atoms with Crippen molar-refractivity contribution in [3.05, 3.63) is 90.2 Å². The second-order valence-electron chi connectivity index (χ2n) is 7.04. The molecule has 0 bridgehead atoms. The molecule has 0 aliphatic heterocycles. The molecule has 0 spiro atoms. The molecular formula is C23H20FN5O2S. The average molecular weight is 450 g/mol. The molecule has 4 N–H and O–H groups in total. The third-order valence-electron chi connectivity index (χ3n) is 4.91. The molecule has 0 aliphatic rings. The topological polar surface area (TPSA) is 116 Å².